The first-order chi connectivity index (χ1) is 7.11. The summed E-state index contributed by atoms with van der Waals surface area (Å²) in [7, 11) is 0. The van der Waals surface area contributed by atoms with E-state index in [2.05, 4.69) is 10.2 Å². The highest BCUT2D eigenvalue weighted by atomic mass is 19.1. The number of aromatic nitrogens is 2. The minimum Gasteiger partial charge on any atom is -0.382 e. The SMILES string of the molecule is Cc1[nH]nc(N)c1-c1c(F)cccc1F. The molecule has 1 heterocycles. The molecule has 0 saturated heterocycles. The molecule has 0 aliphatic rings. The highest BCUT2D eigenvalue weighted by Crippen LogP contribution is 2.31. The van der Waals surface area contributed by atoms with Crippen molar-refractivity contribution < 1.29 is 8.78 Å². The lowest BCUT2D eigenvalue weighted by Gasteiger charge is -2.04. The molecule has 15 heavy (non-hydrogen) atoms. The van der Waals surface area contributed by atoms with Crippen LogP contribution in [0.2, 0.25) is 0 Å². The van der Waals surface area contributed by atoms with Crippen LogP contribution in [0, 0.1) is 18.6 Å². The van der Waals surface area contributed by atoms with Gasteiger partial charge in [0.05, 0.1) is 11.1 Å². The van der Waals surface area contributed by atoms with E-state index in [-0.39, 0.29) is 16.9 Å². The molecule has 2 aromatic rings. The molecule has 1 aromatic heterocycles. The Kier molecular flexibility index (Phi) is 2.15. The number of anilines is 1. The minimum atomic E-state index is -0.647. The van der Waals surface area contributed by atoms with Crippen LogP contribution in [0.15, 0.2) is 18.2 Å². The van der Waals surface area contributed by atoms with E-state index in [1.165, 1.54) is 18.2 Å². The Labute approximate surface area is 84.9 Å². The molecule has 78 valence electrons. The van der Waals surface area contributed by atoms with Crippen LogP contribution >= 0.6 is 0 Å². The number of nitrogens with two attached hydrogens (primary N) is 1. The summed E-state index contributed by atoms with van der Waals surface area (Å²) in [6, 6.07) is 3.67. The summed E-state index contributed by atoms with van der Waals surface area (Å²) >= 11 is 0. The molecular weight excluding hydrogens is 200 g/mol. The summed E-state index contributed by atoms with van der Waals surface area (Å²) in [5, 5.41) is 6.28. The summed E-state index contributed by atoms with van der Waals surface area (Å²) in [5.41, 5.74) is 6.22. The Hall–Kier alpha value is -1.91. The van der Waals surface area contributed by atoms with Gasteiger partial charge >= 0.3 is 0 Å². The number of nitrogens with one attached hydrogen (secondary N) is 1. The first-order valence-corrected chi connectivity index (χ1v) is 4.36. The van der Waals surface area contributed by atoms with Crippen LogP contribution < -0.4 is 5.73 Å². The molecular formula is C10H9F2N3. The first kappa shape index (κ1) is 9.64. The average Bonchev–Trinajstić information content (AvgIpc) is 2.49. The van der Waals surface area contributed by atoms with Gasteiger partial charge in [0.15, 0.2) is 5.82 Å². The molecule has 0 spiro atoms. The van der Waals surface area contributed by atoms with E-state index in [1.807, 2.05) is 0 Å². The molecule has 0 unspecified atom stereocenters. The predicted molar refractivity (Wildman–Crippen MR) is 53.1 cm³/mol. The molecule has 0 aliphatic carbocycles. The van der Waals surface area contributed by atoms with Crippen molar-refractivity contribution in [2.45, 2.75) is 6.92 Å². The largest absolute Gasteiger partial charge is 0.382 e. The molecule has 0 saturated carbocycles. The van der Waals surface area contributed by atoms with Crippen LogP contribution in [0.5, 0.6) is 0 Å². The van der Waals surface area contributed by atoms with E-state index in [1.54, 1.807) is 6.92 Å². The lowest BCUT2D eigenvalue weighted by molar-refractivity contribution is 0.589. The smallest absolute Gasteiger partial charge is 0.153 e. The van der Waals surface area contributed by atoms with Gasteiger partial charge in [0.25, 0.3) is 0 Å². The molecule has 2 rings (SSSR count). The van der Waals surface area contributed by atoms with Gasteiger partial charge in [-0.25, -0.2) is 8.78 Å². The molecule has 0 aliphatic heterocycles. The maximum atomic E-state index is 13.4. The van der Waals surface area contributed by atoms with Crippen LogP contribution in [0.3, 0.4) is 0 Å². The van der Waals surface area contributed by atoms with Crippen molar-refractivity contribution in [2.75, 3.05) is 5.73 Å². The monoisotopic (exact) mass is 209 g/mol. The normalized spacial score (nSPS) is 10.6. The molecule has 0 bridgehead atoms. The van der Waals surface area contributed by atoms with Crippen LogP contribution in [0.25, 0.3) is 11.1 Å². The number of hydrogen-bond donors (Lipinski definition) is 2. The van der Waals surface area contributed by atoms with Gasteiger partial charge in [0.1, 0.15) is 11.6 Å². The summed E-state index contributed by atoms with van der Waals surface area (Å²) in [6.45, 7) is 1.66. The summed E-state index contributed by atoms with van der Waals surface area (Å²) < 4.78 is 26.9. The zero-order valence-electron chi connectivity index (χ0n) is 8.01. The second-order valence-electron chi connectivity index (χ2n) is 3.21. The topological polar surface area (TPSA) is 54.7 Å². The van der Waals surface area contributed by atoms with E-state index in [4.69, 9.17) is 5.73 Å². The van der Waals surface area contributed by atoms with Crippen molar-refractivity contribution >= 4 is 5.82 Å². The van der Waals surface area contributed by atoms with Crippen molar-refractivity contribution in [3.8, 4) is 11.1 Å². The molecule has 1 aromatic carbocycles. The van der Waals surface area contributed by atoms with Crippen LogP contribution in [-0.4, -0.2) is 10.2 Å². The Morgan fingerprint density at radius 1 is 1.20 bits per heavy atom. The molecule has 3 nitrogen and oxygen atoms in total. The fraction of sp³-hybridized carbons (Fsp3) is 0.100. The quantitative estimate of drug-likeness (QED) is 0.756. The predicted octanol–water partition coefficient (Wildman–Crippen LogP) is 2.25. The van der Waals surface area contributed by atoms with Crippen molar-refractivity contribution in [2.24, 2.45) is 0 Å². The van der Waals surface area contributed by atoms with Crippen LogP contribution in [0.4, 0.5) is 14.6 Å². The van der Waals surface area contributed by atoms with Gasteiger partial charge in [-0.15, -0.1) is 0 Å². The van der Waals surface area contributed by atoms with E-state index in [9.17, 15) is 8.78 Å². The van der Waals surface area contributed by atoms with E-state index >= 15 is 0 Å². The standard InChI is InChI=1S/C10H9F2N3/c1-5-8(10(13)15-14-5)9-6(11)3-2-4-7(9)12/h2-4H,1H3,(H3,13,14,15). The number of nitrogens with zero attached hydrogens (tertiary/aromatic N) is 1. The van der Waals surface area contributed by atoms with Crippen molar-refractivity contribution in [3.05, 3.63) is 35.5 Å². The zero-order chi connectivity index (χ0) is 11.0. The first-order valence-electron chi connectivity index (χ1n) is 4.36. The van der Waals surface area contributed by atoms with Gasteiger partial charge in [-0.05, 0) is 19.1 Å². The third-order valence-electron chi connectivity index (χ3n) is 2.19. The number of rotatable bonds is 1. The van der Waals surface area contributed by atoms with Gasteiger partial charge in [0.2, 0.25) is 0 Å². The van der Waals surface area contributed by atoms with Gasteiger partial charge < -0.3 is 5.73 Å². The number of aromatic amines is 1. The Bertz CT molecular complexity index is 466. The number of halogens is 2. The number of nitrogen functional groups attached to an aromatic ring is 1. The van der Waals surface area contributed by atoms with Crippen LogP contribution in [0.1, 0.15) is 5.69 Å². The maximum absolute atomic E-state index is 13.4. The molecule has 0 atom stereocenters. The number of benzene rings is 1. The minimum absolute atomic E-state index is 0.0940. The lowest BCUT2D eigenvalue weighted by atomic mass is 10.0. The fourth-order valence-electron chi connectivity index (χ4n) is 1.50. The molecule has 5 heteroatoms. The second-order valence-corrected chi connectivity index (χ2v) is 3.21. The average molecular weight is 209 g/mol. The van der Waals surface area contributed by atoms with Crippen molar-refractivity contribution in [3.63, 3.8) is 0 Å². The van der Waals surface area contributed by atoms with Gasteiger partial charge in [-0.3, -0.25) is 5.10 Å². The van der Waals surface area contributed by atoms with E-state index < -0.39 is 11.6 Å². The fourth-order valence-corrected chi connectivity index (χ4v) is 1.50. The zero-order valence-corrected chi connectivity index (χ0v) is 8.01. The van der Waals surface area contributed by atoms with Crippen molar-refractivity contribution in [1.29, 1.82) is 0 Å². The van der Waals surface area contributed by atoms with Gasteiger partial charge in [-0.2, -0.15) is 5.10 Å². The van der Waals surface area contributed by atoms with E-state index in [0.717, 1.165) is 0 Å². The Morgan fingerprint density at radius 3 is 2.27 bits per heavy atom. The van der Waals surface area contributed by atoms with Crippen LogP contribution in [-0.2, 0) is 0 Å². The maximum Gasteiger partial charge on any atom is 0.153 e. The summed E-state index contributed by atoms with van der Waals surface area (Å²) in [6.07, 6.45) is 0. The molecule has 0 radical (unpaired) electrons. The van der Waals surface area contributed by atoms with Gasteiger partial charge in [-0.1, -0.05) is 6.07 Å². The highest BCUT2D eigenvalue weighted by molar-refractivity contribution is 5.76. The molecule has 3 N–H and O–H groups in total. The number of hydrogen-bond acceptors (Lipinski definition) is 2. The van der Waals surface area contributed by atoms with Crippen molar-refractivity contribution in [1.82, 2.24) is 10.2 Å². The Morgan fingerprint density at radius 2 is 1.80 bits per heavy atom. The summed E-state index contributed by atoms with van der Waals surface area (Å²) in [4.78, 5) is 0. The molecule has 0 fully saturated rings. The molecule has 0 amide bonds. The third kappa shape index (κ3) is 1.45. The third-order valence-corrected chi connectivity index (χ3v) is 2.19. The number of aryl methyl sites for hydroxylation is 1. The lowest BCUT2D eigenvalue weighted by Crippen LogP contribution is -1.94. The van der Waals surface area contributed by atoms with E-state index in [0.29, 0.717) is 5.69 Å². The second kappa shape index (κ2) is 3.34. The summed E-state index contributed by atoms with van der Waals surface area (Å²) in [5.74, 6) is -1.20. The Balaban J connectivity index is 2.74. The van der Waals surface area contributed by atoms with Gasteiger partial charge in [0, 0.05) is 5.69 Å². The highest BCUT2D eigenvalue weighted by Gasteiger charge is 2.17. The number of H-pyrrole nitrogens is 1.